The number of thiophene rings is 2. The van der Waals surface area contributed by atoms with Crippen LogP contribution >= 0.6 is 22.7 Å². The van der Waals surface area contributed by atoms with Crippen LogP contribution in [-0.2, 0) is 0 Å². The molecule has 0 aliphatic carbocycles. The van der Waals surface area contributed by atoms with Crippen molar-refractivity contribution in [3.8, 4) is 67.5 Å². The molecular weight excluding hydrogens is 719 g/mol. The lowest BCUT2D eigenvalue weighted by Gasteiger charge is -2.12. The highest BCUT2D eigenvalue weighted by Crippen LogP contribution is 2.47. The van der Waals surface area contributed by atoms with E-state index < -0.39 is 0 Å². The van der Waals surface area contributed by atoms with Crippen LogP contribution in [-0.4, -0.2) is 15.0 Å². The summed E-state index contributed by atoms with van der Waals surface area (Å²) in [4.78, 5) is 15.0. The van der Waals surface area contributed by atoms with Crippen molar-refractivity contribution in [2.75, 3.05) is 0 Å². The molecule has 11 aromatic rings. The van der Waals surface area contributed by atoms with Gasteiger partial charge >= 0.3 is 0 Å². The quantitative estimate of drug-likeness (QED) is 0.170. The molecule has 0 bridgehead atoms. The van der Waals surface area contributed by atoms with Crippen LogP contribution < -0.4 is 0 Å². The van der Waals surface area contributed by atoms with Crippen LogP contribution in [0, 0.1) is 0 Å². The number of fused-ring (bicyclic) bond motifs is 6. The molecule has 3 heterocycles. The molecule has 0 saturated carbocycles. The van der Waals surface area contributed by atoms with Crippen LogP contribution in [0.15, 0.2) is 188 Å². The van der Waals surface area contributed by atoms with Gasteiger partial charge in [0.25, 0.3) is 0 Å². The van der Waals surface area contributed by atoms with E-state index in [1.165, 1.54) is 73.7 Å². The molecule has 11 rings (SSSR count). The minimum absolute atomic E-state index is 0.661. The number of hydrogen-bond acceptors (Lipinski definition) is 5. The van der Waals surface area contributed by atoms with Gasteiger partial charge in [0.1, 0.15) is 0 Å². The zero-order valence-corrected chi connectivity index (χ0v) is 31.7. The Morgan fingerprint density at radius 3 is 1.55 bits per heavy atom. The fourth-order valence-corrected chi connectivity index (χ4v) is 10.3. The van der Waals surface area contributed by atoms with E-state index in [0.29, 0.717) is 17.5 Å². The van der Waals surface area contributed by atoms with Crippen molar-refractivity contribution in [1.29, 1.82) is 0 Å². The van der Waals surface area contributed by atoms with Gasteiger partial charge in [0.2, 0.25) is 0 Å². The van der Waals surface area contributed by atoms with Gasteiger partial charge < -0.3 is 0 Å². The SMILES string of the molecule is c1ccc(-c2cccc(-c3cc(-c4cccc5c4sc4cc(-c6nc(-c7ccccc7)nc(-c7ccccc7)n6)ccc45)c4c(c3)sc3ccccc34)c2)cc1. The molecule has 0 atom stereocenters. The van der Waals surface area contributed by atoms with Crippen LogP contribution in [0.2, 0.25) is 0 Å². The van der Waals surface area contributed by atoms with Gasteiger partial charge in [-0.05, 0) is 58.1 Å². The van der Waals surface area contributed by atoms with Gasteiger partial charge in [0, 0.05) is 62.6 Å². The molecule has 0 spiro atoms. The summed E-state index contributed by atoms with van der Waals surface area (Å²) in [6, 6.07) is 66.9. The van der Waals surface area contributed by atoms with E-state index in [9.17, 15) is 0 Å². The standard InChI is InChI=1S/C51H31N3S2/c1-4-14-32(15-5-1)35-20-12-21-36(28-35)38-29-43(47-42-22-10-11-25-44(42)55-46(47)31-38)41-24-13-23-40-39-27-26-37(30-45(39)56-48(40)41)51-53-49(33-16-6-2-7-17-33)52-50(54-51)34-18-8-3-9-19-34/h1-31H. The Bertz CT molecular complexity index is 3180. The lowest BCUT2D eigenvalue weighted by atomic mass is 9.92. The van der Waals surface area contributed by atoms with E-state index >= 15 is 0 Å². The largest absolute Gasteiger partial charge is 0.208 e. The van der Waals surface area contributed by atoms with E-state index in [4.69, 9.17) is 15.0 Å². The molecule has 0 aliphatic heterocycles. The average Bonchev–Trinajstić information content (AvgIpc) is 3.85. The Kier molecular flexibility index (Phi) is 7.87. The van der Waals surface area contributed by atoms with Crippen molar-refractivity contribution in [2.45, 2.75) is 0 Å². The van der Waals surface area contributed by atoms with Gasteiger partial charge in [-0.3, -0.25) is 0 Å². The molecule has 0 saturated heterocycles. The third-order valence-electron chi connectivity index (χ3n) is 10.5. The summed E-state index contributed by atoms with van der Waals surface area (Å²) in [7, 11) is 0. The van der Waals surface area contributed by atoms with Gasteiger partial charge in [0.05, 0.1) is 0 Å². The van der Waals surface area contributed by atoms with Crippen molar-refractivity contribution < 1.29 is 0 Å². The van der Waals surface area contributed by atoms with E-state index in [1.807, 2.05) is 83.3 Å². The third kappa shape index (κ3) is 5.68. The zero-order valence-electron chi connectivity index (χ0n) is 30.1. The maximum Gasteiger partial charge on any atom is 0.164 e. The summed E-state index contributed by atoms with van der Waals surface area (Å²) in [5.41, 5.74) is 10.3. The molecule has 3 aromatic heterocycles. The topological polar surface area (TPSA) is 38.7 Å². The predicted molar refractivity (Wildman–Crippen MR) is 238 cm³/mol. The Balaban J connectivity index is 1.09. The number of hydrogen-bond donors (Lipinski definition) is 0. The molecule has 0 amide bonds. The summed E-state index contributed by atoms with van der Waals surface area (Å²) in [5, 5.41) is 5.09. The van der Waals surface area contributed by atoms with E-state index in [0.717, 1.165) is 16.7 Å². The third-order valence-corrected chi connectivity index (χ3v) is 12.8. The maximum atomic E-state index is 5.03. The van der Waals surface area contributed by atoms with Gasteiger partial charge in [-0.1, -0.05) is 158 Å². The van der Waals surface area contributed by atoms with Gasteiger partial charge in [-0.15, -0.1) is 22.7 Å². The highest BCUT2D eigenvalue weighted by molar-refractivity contribution is 7.27. The number of nitrogens with zero attached hydrogens (tertiary/aromatic N) is 3. The molecule has 0 aliphatic rings. The summed E-state index contributed by atoms with van der Waals surface area (Å²) < 4.78 is 5.07. The second-order valence-corrected chi connectivity index (χ2v) is 16.1. The molecule has 8 aromatic carbocycles. The first-order valence-corrected chi connectivity index (χ1v) is 20.3. The summed E-state index contributed by atoms with van der Waals surface area (Å²) in [6.45, 7) is 0. The fourth-order valence-electron chi connectivity index (χ4n) is 7.83. The first-order chi connectivity index (χ1) is 27.7. The smallest absolute Gasteiger partial charge is 0.164 e. The van der Waals surface area contributed by atoms with Crippen LogP contribution in [0.5, 0.6) is 0 Å². The van der Waals surface area contributed by atoms with E-state index in [1.54, 1.807) is 0 Å². The van der Waals surface area contributed by atoms with Crippen LogP contribution in [0.25, 0.3) is 108 Å². The molecule has 3 nitrogen and oxygen atoms in total. The summed E-state index contributed by atoms with van der Waals surface area (Å²) in [5.74, 6) is 1.98. The Morgan fingerprint density at radius 1 is 0.286 bits per heavy atom. The number of aromatic nitrogens is 3. The summed E-state index contributed by atoms with van der Waals surface area (Å²) >= 11 is 3.72. The van der Waals surface area contributed by atoms with Crippen LogP contribution in [0.3, 0.4) is 0 Å². The fraction of sp³-hybridized carbons (Fsp3) is 0. The van der Waals surface area contributed by atoms with Gasteiger partial charge in [0.15, 0.2) is 17.5 Å². The van der Waals surface area contributed by atoms with Crippen LogP contribution in [0.1, 0.15) is 0 Å². The molecule has 0 radical (unpaired) electrons. The first-order valence-electron chi connectivity index (χ1n) is 18.7. The van der Waals surface area contributed by atoms with E-state index in [2.05, 4.69) is 127 Å². The van der Waals surface area contributed by atoms with Gasteiger partial charge in [-0.25, -0.2) is 15.0 Å². The molecule has 56 heavy (non-hydrogen) atoms. The maximum absolute atomic E-state index is 5.03. The molecule has 0 unspecified atom stereocenters. The Labute approximate surface area is 331 Å². The van der Waals surface area contributed by atoms with Crippen molar-refractivity contribution in [2.24, 2.45) is 0 Å². The molecule has 262 valence electrons. The van der Waals surface area contributed by atoms with E-state index in [-0.39, 0.29) is 0 Å². The second-order valence-electron chi connectivity index (χ2n) is 14.0. The van der Waals surface area contributed by atoms with Gasteiger partial charge in [-0.2, -0.15) is 0 Å². The molecule has 0 N–H and O–H groups in total. The summed E-state index contributed by atoms with van der Waals surface area (Å²) in [6.07, 6.45) is 0. The highest BCUT2D eigenvalue weighted by Gasteiger charge is 2.19. The predicted octanol–water partition coefficient (Wildman–Crippen LogP) is 14.6. The second kappa shape index (κ2) is 13.5. The van der Waals surface area contributed by atoms with Crippen LogP contribution in [0.4, 0.5) is 0 Å². The highest BCUT2D eigenvalue weighted by atomic mass is 32.1. The lowest BCUT2D eigenvalue weighted by molar-refractivity contribution is 1.07. The van der Waals surface area contributed by atoms with Crippen molar-refractivity contribution in [3.63, 3.8) is 0 Å². The number of rotatable bonds is 6. The molecular formula is C51H31N3S2. The number of benzene rings is 8. The normalized spacial score (nSPS) is 11.6. The minimum atomic E-state index is 0.661. The van der Waals surface area contributed by atoms with Crippen molar-refractivity contribution in [3.05, 3.63) is 188 Å². The Hall–Kier alpha value is -6.79. The Morgan fingerprint density at radius 2 is 0.839 bits per heavy atom. The van der Waals surface area contributed by atoms with Crippen molar-refractivity contribution >= 4 is 63.0 Å². The molecule has 5 heteroatoms. The van der Waals surface area contributed by atoms with Crippen molar-refractivity contribution in [1.82, 2.24) is 15.0 Å². The molecule has 0 fully saturated rings. The lowest BCUT2D eigenvalue weighted by Crippen LogP contribution is -1.99. The first kappa shape index (κ1) is 32.6. The minimum Gasteiger partial charge on any atom is -0.208 e. The monoisotopic (exact) mass is 749 g/mol. The average molecular weight is 750 g/mol. The zero-order chi connectivity index (χ0) is 37.0.